The SMILES string of the molecule is CC.CC1CC(C)(C)NC(C)(C)C1C.CCc1cc(C(=N)/C=C\c2ncc(C)[nH]2)cnc1-c1ccc(C)[n-]1.[K+]. The number of aromatic amines is 1. The third-order valence-corrected chi connectivity index (χ3v) is 7.30. The van der Waals surface area contributed by atoms with Crippen molar-refractivity contribution in [3.05, 3.63) is 65.0 Å². The topological polar surface area (TPSA) is 91.6 Å². The molecule has 6 nitrogen and oxygen atoms in total. The fraction of sp³-hybridized carbons (Fsp3) is 0.531. The number of allylic oxidation sites excluding steroid dienone is 1. The van der Waals surface area contributed by atoms with Gasteiger partial charge in [0.1, 0.15) is 5.82 Å². The number of imidazole rings is 1. The molecule has 0 spiro atoms. The van der Waals surface area contributed by atoms with Gasteiger partial charge in [-0.15, -0.1) is 5.69 Å². The molecule has 0 aliphatic carbocycles. The van der Waals surface area contributed by atoms with Gasteiger partial charge in [-0.25, -0.2) is 4.98 Å². The van der Waals surface area contributed by atoms with Crippen LogP contribution < -0.4 is 61.7 Å². The molecular weight excluding hydrogens is 507 g/mol. The molecule has 0 saturated carbocycles. The summed E-state index contributed by atoms with van der Waals surface area (Å²) in [6.45, 7) is 24.0. The van der Waals surface area contributed by atoms with Crippen LogP contribution in [0, 0.1) is 31.1 Å². The van der Waals surface area contributed by atoms with Crippen molar-refractivity contribution in [3.63, 3.8) is 0 Å². The first-order chi connectivity index (χ1) is 17.8. The van der Waals surface area contributed by atoms with Crippen molar-refractivity contribution in [2.45, 2.75) is 100 Å². The van der Waals surface area contributed by atoms with Crippen LogP contribution in [-0.2, 0) is 6.42 Å². The number of hydrogen-bond acceptors (Lipinski definition) is 4. The van der Waals surface area contributed by atoms with Gasteiger partial charge in [-0.3, -0.25) is 4.98 Å². The summed E-state index contributed by atoms with van der Waals surface area (Å²) in [7, 11) is 0. The molecule has 1 aliphatic heterocycles. The largest absolute Gasteiger partial charge is 1.00 e. The van der Waals surface area contributed by atoms with E-state index in [-0.39, 0.29) is 51.4 Å². The molecule has 39 heavy (non-hydrogen) atoms. The molecule has 208 valence electrons. The average Bonchev–Trinajstić information content (AvgIpc) is 3.49. The number of pyridine rings is 1. The molecule has 3 N–H and O–H groups in total. The monoisotopic (exact) mass is 556 g/mol. The molecule has 4 rings (SSSR count). The molecule has 3 aromatic rings. The molecule has 1 aliphatic rings. The van der Waals surface area contributed by atoms with Crippen LogP contribution >= 0.6 is 0 Å². The molecule has 2 unspecified atom stereocenters. The molecule has 0 radical (unpaired) electrons. The molecule has 0 amide bonds. The van der Waals surface area contributed by atoms with E-state index in [2.05, 4.69) is 73.7 Å². The van der Waals surface area contributed by atoms with Gasteiger partial charge in [0.15, 0.2) is 0 Å². The van der Waals surface area contributed by atoms with Crippen molar-refractivity contribution in [3.8, 4) is 11.4 Å². The summed E-state index contributed by atoms with van der Waals surface area (Å²) in [5, 5.41) is 12.0. The fourth-order valence-corrected chi connectivity index (χ4v) is 5.26. The Labute approximate surface area is 279 Å². The molecule has 2 atom stereocenters. The number of H-pyrrole nitrogens is 1. The van der Waals surface area contributed by atoms with E-state index in [0.29, 0.717) is 16.8 Å². The number of aromatic nitrogens is 4. The zero-order valence-electron chi connectivity index (χ0n) is 26.5. The summed E-state index contributed by atoms with van der Waals surface area (Å²) in [4.78, 5) is 16.4. The number of hydrogen-bond donors (Lipinski definition) is 3. The van der Waals surface area contributed by atoms with Crippen molar-refractivity contribution in [2.75, 3.05) is 0 Å². The number of aryl methyl sites for hydroxylation is 3. The Hall–Kier alpha value is -1.35. The Bertz CT molecular complexity index is 1220. The summed E-state index contributed by atoms with van der Waals surface area (Å²) in [5.41, 5.74) is 6.67. The van der Waals surface area contributed by atoms with Gasteiger partial charge in [-0.1, -0.05) is 53.7 Å². The predicted octanol–water partition coefficient (Wildman–Crippen LogP) is 4.53. The fourth-order valence-electron chi connectivity index (χ4n) is 5.26. The van der Waals surface area contributed by atoms with E-state index in [4.69, 9.17) is 5.41 Å². The van der Waals surface area contributed by atoms with Crippen LogP contribution in [-0.4, -0.2) is 31.7 Å². The molecule has 7 heteroatoms. The third-order valence-electron chi connectivity index (χ3n) is 7.30. The Morgan fingerprint density at radius 2 is 1.77 bits per heavy atom. The summed E-state index contributed by atoms with van der Waals surface area (Å²) in [6, 6.07) is 5.99. The molecule has 1 fully saturated rings. The minimum atomic E-state index is 0. The maximum Gasteiger partial charge on any atom is 1.00 e. The minimum Gasteiger partial charge on any atom is -0.660 e. The van der Waals surface area contributed by atoms with Crippen LogP contribution in [0.25, 0.3) is 17.5 Å². The van der Waals surface area contributed by atoms with E-state index in [0.717, 1.165) is 58.0 Å². The van der Waals surface area contributed by atoms with Gasteiger partial charge in [0.05, 0.1) is 11.4 Å². The van der Waals surface area contributed by atoms with Crippen LogP contribution in [0.2, 0.25) is 0 Å². The van der Waals surface area contributed by atoms with Gasteiger partial charge in [-0.05, 0) is 83.1 Å². The zero-order chi connectivity index (χ0) is 28.7. The van der Waals surface area contributed by atoms with Gasteiger partial charge < -0.3 is 20.7 Å². The second-order valence-electron chi connectivity index (χ2n) is 11.5. The van der Waals surface area contributed by atoms with Gasteiger partial charge >= 0.3 is 51.4 Å². The normalized spacial score (nSPS) is 19.3. The second-order valence-corrected chi connectivity index (χ2v) is 11.5. The van der Waals surface area contributed by atoms with E-state index in [9.17, 15) is 0 Å². The summed E-state index contributed by atoms with van der Waals surface area (Å²) >= 11 is 0. The van der Waals surface area contributed by atoms with Gasteiger partial charge in [0.25, 0.3) is 0 Å². The summed E-state index contributed by atoms with van der Waals surface area (Å²) in [6.07, 6.45) is 9.17. The van der Waals surface area contributed by atoms with Crippen molar-refractivity contribution in [1.29, 1.82) is 5.41 Å². The van der Waals surface area contributed by atoms with Crippen molar-refractivity contribution in [2.24, 2.45) is 11.8 Å². The molecule has 0 bridgehead atoms. The van der Waals surface area contributed by atoms with Crippen LogP contribution in [0.4, 0.5) is 0 Å². The quantitative estimate of drug-likeness (QED) is 0.318. The minimum absolute atomic E-state index is 0. The summed E-state index contributed by atoms with van der Waals surface area (Å²) < 4.78 is 0. The molecule has 4 heterocycles. The Kier molecular flexibility index (Phi) is 14.3. The molecule has 1 saturated heterocycles. The van der Waals surface area contributed by atoms with Crippen molar-refractivity contribution >= 4 is 11.8 Å². The first-order valence-electron chi connectivity index (χ1n) is 14.0. The van der Waals surface area contributed by atoms with E-state index >= 15 is 0 Å². The van der Waals surface area contributed by atoms with Crippen molar-refractivity contribution < 1.29 is 51.4 Å². The maximum absolute atomic E-state index is 8.25. The Morgan fingerprint density at radius 1 is 1.10 bits per heavy atom. The van der Waals surface area contributed by atoms with E-state index < -0.39 is 0 Å². The molecular formula is C32H49KN6. The number of nitrogens with one attached hydrogen (secondary N) is 3. The maximum atomic E-state index is 8.25. The third kappa shape index (κ3) is 10.2. The van der Waals surface area contributed by atoms with Gasteiger partial charge in [0, 0.05) is 34.7 Å². The van der Waals surface area contributed by atoms with E-state index in [1.807, 2.05) is 45.9 Å². The molecule has 0 aromatic carbocycles. The predicted molar refractivity (Wildman–Crippen MR) is 162 cm³/mol. The Balaban J connectivity index is 0.000000430. The standard InChI is InChI=1S/C19H20N5.C11H23N.C2H6.K/c1-4-14-9-15(11-22-19(14)17-7-5-12(2)23-17)16(20)6-8-18-21-10-13(3)24-18;1-8-7-10(3,4)12-11(5,6)9(8)2;1-2;/h5-11,20H,4H2,1-3H3,(H,21,24);8-9,12H,7H2,1-6H3;1-2H3;/q-1;;;+1/b8-6-,20-16?;;;. The van der Waals surface area contributed by atoms with Crippen LogP contribution in [0.3, 0.4) is 0 Å². The number of piperidine rings is 1. The van der Waals surface area contributed by atoms with Crippen molar-refractivity contribution in [1.82, 2.24) is 25.3 Å². The van der Waals surface area contributed by atoms with Crippen LogP contribution in [0.5, 0.6) is 0 Å². The average molecular weight is 557 g/mol. The van der Waals surface area contributed by atoms with E-state index in [1.54, 1.807) is 24.5 Å². The van der Waals surface area contributed by atoms with Crippen LogP contribution in [0.1, 0.15) is 97.1 Å². The number of nitrogens with zero attached hydrogens (tertiary/aromatic N) is 3. The second kappa shape index (κ2) is 15.6. The number of rotatable bonds is 5. The van der Waals surface area contributed by atoms with E-state index in [1.165, 1.54) is 6.42 Å². The van der Waals surface area contributed by atoms with Gasteiger partial charge in [0.2, 0.25) is 0 Å². The van der Waals surface area contributed by atoms with Crippen LogP contribution in [0.15, 0.2) is 36.7 Å². The Morgan fingerprint density at radius 3 is 2.28 bits per heavy atom. The molecule has 3 aromatic heterocycles. The zero-order valence-corrected chi connectivity index (χ0v) is 29.6. The smallest absolute Gasteiger partial charge is 0.660 e. The van der Waals surface area contributed by atoms with Gasteiger partial charge in [-0.2, -0.15) is 5.69 Å². The summed E-state index contributed by atoms with van der Waals surface area (Å²) in [5.74, 6) is 2.34. The first-order valence-corrected chi connectivity index (χ1v) is 14.0. The first kappa shape index (κ1) is 35.7.